The molecule has 0 fully saturated rings. The van der Waals surface area contributed by atoms with Crippen molar-refractivity contribution in [3.8, 4) is 11.9 Å². The Bertz CT molecular complexity index is 1380. The van der Waals surface area contributed by atoms with Crippen LogP contribution in [-0.2, 0) is 6.61 Å². The highest BCUT2D eigenvalue weighted by molar-refractivity contribution is 5.95. The van der Waals surface area contributed by atoms with Gasteiger partial charge in [-0.15, -0.1) is 4.99 Å². The van der Waals surface area contributed by atoms with Gasteiger partial charge in [-0.3, -0.25) is 0 Å². The molecule has 30 heavy (non-hydrogen) atoms. The van der Waals surface area contributed by atoms with Crippen LogP contribution >= 0.6 is 0 Å². The third-order valence-corrected chi connectivity index (χ3v) is 5.00. The fourth-order valence-electron chi connectivity index (χ4n) is 3.66. The number of halogens is 2. The second-order valence-corrected chi connectivity index (χ2v) is 6.90. The lowest BCUT2D eigenvalue weighted by atomic mass is 9.92. The summed E-state index contributed by atoms with van der Waals surface area (Å²) in [6, 6.07) is 14.6. The van der Waals surface area contributed by atoms with Crippen molar-refractivity contribution < 1.29 is 13.5 Å². The highest BCUT2D eigenvalue weighted by atomic mass is 19.1. The number of nitriles is 1. The zero-order valence-electron chi connectivity index (χ0n) is 15.5. The molecule has 5 nitrogen and oxygen atoms in total. The van der Waals surface area contributed by atoms with E-state index in [0.717, 1.165) is 33.3 Å². The highest BCUT2D eigenvalue weighted by Gasteiger charge is 2.20. The smallest absolute Gasteiger partial charge is 0.216 e. The van der Waals surface area contributed by atoms with E-state index in [9.17, 15) is 8.78 Å². The van der Waals surface area contributed by atoms with Crippen molar-refractivity contribution in [3.63, 3.8) is 0 Å². The number of imidazole rings is 1. The first-order chi connectivity index (χ1) is 14.6. The predicted molar refractivity (Wildman–Crippen MR) is 108 cm³/mol. The number of fused-ring (bicyclic) bond motifs is 3. The van der Waals surface area contributed by atoms with Gasteiger partial charge in [0.1, 0.15) is 24.0 Å². The molecule has 1 aliphatic rings. The van der Waals surface area contributed by atoms with E-state index < -0.39 is 5.82 Å². The SMILES string of the molecule is N#C/N=c1/[nH]c2ccc(/C=C3\c4ccc(F)cc4COc4cc(F)ccc43)cc2[nH]1. The molecule has 0 amide bonds. The lowest BCUT2D eigenvalue weighted by Gasteiger charge is -2.11. The number of benzene rings is 3. The zero-order valence-corrected chi connectivity index (χ0v) is 15.5. The summed E-state index contributed by atoms with van der Waals surface area (Å²) in [5.41, 5.74) is 5.84. The van der Waals surface area contributed by atoms with Gasteiger partial charge in [-0.25, -0.2) is 8.78 Å². The van der Waals surface area contributed by atoms with Crippen molar-refractivity contribution in [1.82, 2.24) is 9.97 Å². The lowest BCUT2D eigenvalue weighted by molar-refractivity contribution is 0.305. The Labute approximate surface area is 169 Å². The van der Waals surface area contributed by atoms with Gasteiger partial charge in [0.2, 0.25) is 11.8 Å². The van der Waals surface area contributed by atoms with E-state index in [1.165, 1.54) is 24.3 Å². The molecule has 1 aromatic heterocycles. The van der Waals surface area contributed by atoms with Gasteiger partial charge in [-0.05, 0) is 59.2 Å². The van der Waals surface area contributed by atoms with Crippen LogP contribution in [0.5, 0.6) is 5.75 Å². The van der Waals surface area contributed by atoms with Crippen molar-refractivity contribution in [2.45, 2.75) is 6.61 Å². The molecule has 2 heterocycles. The van der Waals surface area contributed by atoms with Crippen LogP contribution in [0.2, 0.25) is 0 Å². The number of hydrogen-bond donors (Lipinski definition) is 2. The Morgan fingerprint density at radius 1 is 0.933 bits per heavy atom. The minimum atomic E-state index is -0.401. The molecule has 3 aromatic carbocycles. The van der Waals surface area contributed by atoms with Gasteiger partial charge in [-0.1, -0.05) is 12.1 Å². The van der Waals surface area contributed by atoms with E-state index in [1.807, 2.05) is 24.3 Å². The molecule has 0 aliphatic carbocycles. The topological polar surface area (TPSA) is 77.0 Å². The summed E-state index contributed by atoms with van der Waals surface area (Å²) in [5, 5.41) is 8.74. The van der Waals surface area contributed by atoms with E-state index in [0.29, 0.717) is 16.9 Å². The molecule has 4 aromatic rings. The standard InChI is InChI=1S/C23H14F2N4O/c24-15-2-4-17-14(9-15)11-30-22-10-16(25)3-5-18(22)19(17)7-13-1-6-20-21(8-13)29-23(28-20)27-12-26/h1-10H,11H2,(H2,27,28,29)/b19-7+. The average Bonchev–Trinajstić information content (AvgIpc) is 3.06. The van der Waals surface area contributed by atoms with Gasteiger partial charge in [0.15, 0.2) is 0 Å². The normalized spacial score (nSPS) is 14.7. The number of ether oxygens (including phenoxy) is 1. The van der Waals surface area contributed by atoms with Gasteiger partial charge >= 0.3 is 0 Å². The van der Waals surface area contributed by atoms with Gasteiger partial charge in [0.05, 0.1) is 11.0 Å². The summed E-state index contributed by atoms with van der Waals surface area (Å²) in [4.78, 5) is 9.72. The summed E-state index contributed by atoms with van der Waals surface area (Å²) in [6.07, 6.45) is 3.69. The quantitative estimate of drug-likeness (QED) is 0.457. The minimum Gasteiger partial charge on any atom is -0.488 e. The molecular weight excluding hydrogens is 386 g/mol. The lowest BCUT2D eigenvalue weighted by Crippen LogP contribution is -2.03. The molecule has 0 spiro atoms. The molecule has 0 radical (unpaired) electrons. The zero-order chi connectivity index (χ0) is 20.7. The summed E-state index contributed by atoms with van der Waals surface area (Å²) in [6.45, 7) is 0.143. The van der Waals surface area contributed by atoms with Gasteiger partial charge < -0.3 is 14.7 Å². The summed E-state index contributed by atoms with van der Waals surface area (Å²) in [7, 11) is 0. The molecule has 0 saturated carbocycles. The Hall–Kier alpha value is -4.18. The highest BCUT2D eigenvalue weighted by Crippen LogP contribution is 2.38. The molecule has 0 atom stereocenters. The molecule has 0 bridgehead atoms. The number of nitrogens with zero attached hydrogens (tertiary/aromatic N) is 2. The molecule has 5 rings (SSSR count). The third-order valence-electron chi connectivity index (χ3n) is 5.00. The molecule has 2 N–H and O–H groups in total. The number of aromatic amines is 2. The molecule has 1 aliphatic heterocycles. The Morgan fingerprint density at radius 2 is 1.70 bits per heavy atom. The minimum absolute atomic E-state index is 0.143. The molecule has 0 saturated heterocycles. The van der Waals surface area contributed by atoms with E-state index >= 15 is 0 Å². The van der Waals surface area contributed by atoms with Crippen LogP contribution in [0.1, 0.15) is 22.3 Å². The van der Waals surface area contributed by atoms with E-state index in [2.05, 4.69) is 15.0 Å². The first-order valence-electron chi connectivity index (χ1n) is 9.19. The largest absolute Gasteiger partial charge is 0.488 e. The van der Waals surface area contributed by atoms with Crippen molar-refractivity contribution >= 4 is 22.7 Å². The molecule has 0 unspecified atom stereocenters. The molecular formula is C23H14F2N4O. The number of rotatable bonds is 1. The summed E-state index contributed by atoms with van der Waals surface area (Å²) < 4.78 is 33.4. The van der Waals surface area contributed by atoms with Crippen molar-refractivity contribution in [3.05, 3.63) is 94.1 Å². The van der Waals surface area contributed by atoms with Gasteiger partial charge in [-0.2, -0.15) is 5.26 Å². The molecule has 146 valence electrons. The van der Waals surface area contributed by atoms with Gasteiger partial charge in [0.25, 0.3) is 0 Å². The van der Waals surface area contributed by atoms with Crippen molar-refractivity contribution in [1.29, 1.82) is 5.26 Å². The monoisotopic (exact) mass is 400 g/mol. The fourth-order valence-corrected chi connectivity index (χ4v) is 3.66. The maximum atomic E-state index is 13.8. The Morgan fingerprint density at radius 3 is 2.53 bits per heavy atom. The van der Waals surface area contributed by atoms with E-state index in [-0.39, 0.29) is 12.4 Å². The summed E-state index contributed by atoms with van der Waals surface area (Å²) in [5.74, 6) is -0.351. The van der Waals surface area contributed by atoms with Crippen LogP contribution in [0.4, 0.5) is 8.78 Å². The van der Waals surface area contributed by atoms with E-state index in [1.54, 1.807) is 18.3 Å². The van der Waals surface area contributed by atoms with Crippen LogP contribution < -0.4 is 10.4 Å². The van der Waals surface area contributed by atoms with Gasteiger partial charge in [0, 0.05) is 17.2 Å². The number of nitrogens with one attached hydrogen (secondary N) is 2. The number of aromatic nitrogens is 2. The van der Waals surface area contributed by atoms with Crippen LogP contribution in [0.15, 0.2) is 59.6 Å². The van der Waals surface area contributed by atoms with Crippen LogP contribution in [0, 0.1) is 23.1 Å². The number of H-pyrrole nitrogens is 2. The van der Waals surface area contributed by atoms with E-state index in [4.69, 9.17) is 10.00 Å². The van der Waals surface area contributed by atoms with Crippen LogP contribution in [-0.4, -0.2) is 9.97 Å². The summed E-state index contributed by atoms with van der Waals surface area (Å²) >= 11 is 0. The van der Waals surface area contributed by atoms with Crippen molar-refractivity contribution in [2.24, 2.45) is 4.99 Å². The molecule has 7 heteroatoms. The Balaban J connectivity index is 1.72. The number of hydrogen-bond acceptors (Lipinski definition) is 3. The Kier molecular flexibility index (Phi) is 4.18. The van der Waals surface area contributed by atoms with Crippen molar-refractivity contribution in [2.75, 3.05) is 0 Å². The fraction of sp³-hybridized carbons (Fsp3) is 0.0435. The second-order valence-electron chi connectivity index (χ2n) is 6.90. The maximum absolute atomic E-state index is 13.8. The second kappa shape index (κ2) is 7.01. The predicted octanol–water partition coefficient (Wildman–Crippen LogP) is 4.64. The first-order valence-corrected chi connectivity index (χ1v) is 9.19. The maximum Gasteiger partial charge on any atom is 0.216 e. The average molecular weight is 400 g/mol. The first kappa shape index (κ1) is 17.9. The van der Waals surface area contributed by atoms with Crippen LogP contribution in [0.3, 0.4) is 0 Å². The van der Waals surface area contributed by atoms with Crippen LogP contribution in [0.25, 0.3) is 22.7 Å². The third kappa shape index (κ3) is 3.14.